The number of hydrogen-bond donors (Lipinski definition) is 0. The van der Waals surface area contributed by atoms with Gasteiger partial charge in [0.05, 0.1) is 0 Å². The Morgan fingerprint density at radius 3 is 0.317 bits per heavy atom. The molecule has 0 spiro atoms. The molecule has 0 bridgehead atoms. The second-order valence-corrected chi connectivity index (χ2v) is 28.8. The van der Waals surface area contributed by atoms with E-state index in [-0.39, 0.29) is 35.5 Å². The summed E-state index contributed by atoms with van der Waals surface area (Å²) in [6, 6.07) is 0. The predicted molar refractivity (Wildman–Crippen MR) is 240 cm³/mol. The second kappa shape index (κ2) is 15.0. The highest BCUT2D eigenvalue weighted by Gasteiger charge is 2.70. The van der Waals surface area contributed by atoms with E-state index in [2.05, 4.69) is 83.1 Å². The first-order valence-corrected chi connectivity index (χ1v) is 22.8. The lowest BCUT2D eigenvalue weighted by molar-refractivity contribution is -0.278. The molecule has 0 amide bonds. The Morgan fingerprint density at radius 2 is 0.317 bits per heavy atom. The Balaban J connectivity index is 0.000000360. The molecule has 6 rings (SSSR count). The highest BCUT2D eigenvalue weighted by molar-refractivity contribution is 5.12. The van der Waals surface area contributed by atoms with Gasteiger partial charge in [-0.15, -0.1) is 0 Å². The van der Waals surface area contributed by atoms with E-state index in [1.54, 1.807) is 69.2 Å². The van der Waals surface area contributed by atoms with E-state index in [4.69, 9.17) is 0 Å². The van der Waals surface area contributed by atoms with Gasteiger partial charge in [-0.25, -0.2) is 35.1 Å². The number of halogens is 8. The lowest BCUT2D eigenvalue weighted by Gasteiger charge is -2.65. The molecule has 0 unspecified atom stereocenters. The monoisotopic (exact) mass is 873 g/mol. The van der Waals surface area contributed by atoms with Crippen LogP contribution in [0.2, 0.25) is 0 Å². The zero-order chi connectivity index (χ0) is 49.2. The minimum absolute atomic E-state index is 0.0347. The number of rotatable bonds is 0. The maximum absolute atomic E-state index is 13.1. The van der Waals surface area contributed by atoms with Gasteiger partial charge >= 0.3 is 0 Å². The lowest BCUT2D eigenvalue weighted by Crippen LogP contribution is -2.60. The fourth-order valence-corrected chi connectivity index (χ4v) is 11.0. The van der Waals surface area contributed by atoms with Crippen LogP contribution < -0.4 is 0 Å². The number of alkyl halides is 8. The molecule has 6 fully saturated rings. The molecule has 6 saturated carbocycles. The van der Waals surface area contributed by atoms with Crippen molar-refractivity contribution >= 4 is 0 Å². The standard InChI is InChI=1S/2C10H20.4C8H14F2/c2*1-8(2)7-9(3,4)10(8,5)6;3*1-6(2)5-8(9,10)7(6,3)4;1-6(2)5-7(3,4)8(6,9)10/h2*7H2,1-6H3;4*5H2,1-4H3. The summed E-state index contributed by atoms with van der Waals surface area (Å²) < 4.78 is 103. The van der Waals surface area contributed by atoms with Gasteiger partial charge in [0, 0.05) is 46.3 Å². The van der Waals surface area contributed by atoms with Crippen molar-refractivity contribution in [2.45, 2.75) is 256 Å². The first-order chi connectivity index (χ1) is 25.2. The van der Waals surface area contributed by atoms with Gasteiger partial charge in [-0.3, -0.25) is 0 Å². The summed E-state index contributed by atoms with van der Waals surface area (Å²) >= 11 is 0. The van der Waals surface area contributed by atoms with Crippen LogP contribution in [0.3, 0.4) is 0 Å². The van der Waals surface area contributed by atoms with Crippen molar-refractivity contribution in [2.24, 2.45) is 75.8 Å². The molecular formula is C52H96F8. The summed E-state index contributed by atoms with van der Waals surface area (Å²) in [5.74, 6) is -9.83. The second-order valence-electron chi connectivity index (χ2n) is 28.8. The lowest BCUT2D eigenvalue weighted by atomic mass is 9.40. The van der Waals surface area contributed by atoms with E-state index in [0.29, 0.717) is 38.9 Å². The van der Waals surface area contributed by atoms with Gasteiger partial charge < -0.3 is 0 Å². The van der Waals surface area contributed by atoms with Gasteiger partial charge in [0.15, 0.2) is 0 Å². The van der Waals surface area contributed by atoms with Crippen molar-refractivity contribution in [1.29, 1.82) is 0 Å². The maximum Gasteiger partial charge on any atom is 0.258 e. The minimum atomic E-state index is -2.49. The van der Waals surface area contributed by atoms with Gasteiger partial charge in [-0.2, -0.15) is 0 Å². The Kier molecular flexibility index (Phi) is 14.3. The third-order valence-corrected chi connectivity index (χ3v) is 20.9. The molecule has 360 valence electrons. The Morgan fingerprint density at radius 1 is 0.183 bits per heavy atom. The van der Waals surface area contributed by atoms with Crippen LogP contribution >= 0.6 is 0 Å². The molecule has 0 aromatic heterocycles. The smallest absolute Gasteiger partial charge is 0.206 e. The zero-order valence-electron chi connectivity index (χ0n) is 44.3. The molecule has 6 aliphatic carbocycles. The minimum Gasteiger partial charge on any atom is -0.206 e. The van der Waals surface area contributed by atoms with Gasteiger partial charge in [0.2, 0.25) is 0 Å². The van der Waals surface area contributed by atoms with Gasteiger partial charge in [-0.1, -0.05) is 194 Å². The average Bonchev–Trinajstić information content (AvgIpc) is 2.95. The SMILES string of the molecule is CC1(C)CC(C)(C)C1(C)C.CC1(C)CC(C)(C)C1(C)C.CC1(C)CC(C)(C)C1(F)F.CC1(C)CC(F)(F)C1(C)C.CC1(C)CC(F)(F)C1(C)C.CC1(C)CC(F)(F)C1(C)C. The van der Waals surface area contributed by atoms with E-state index in [9.17, 15) is 35.1 Å². The molecule has 0 aliphatic heterocycles. The molecule has 0 aromatic carbocycles. The zero-order valence-corrected chi connectivity index (χ0v) is 44.3. The van der Waals surface area contributed by atoms with Crippen molar-refractivity contribution in [3.8, 4) is 0 Å². The Labute approximate surface area is 366 Å². The molecule has 8 heteroatoms. The van der Waals surface area contributed by atoms with E-state index in [1.807, 2.05) is 41.5 Å². The van der Waals surface area contributed by atoms with Gasteiger partial charge in [-0.05, 0) is 68.0 Å². The van der Waals surface area contributed by atoms with Crippen molar-refractivity contribution in [1.82, 2.24) is 0 Å². The quantitative estimate of drug-likeness (QED) is 0.213. The summed E-state index contributed by atoms with van der Waals surface area (Å²) in [6.45, 7) is 56.2. The summed E-state index contributed by atoms with van der Waals surface area (Å²) in [5, 5.41) is 0. The van der Waals surface area contributed by atoms with Gasteiger partial charge in [0.1, 0.15) is 0 Å². The first kappa shape index (κ1) is 57.5. The van der Waals surface area contributed by atoms with E-state index >= 15 is 0 Å². The molecule has 0 nitrogen and oxygen atoms in total. The summed E-state index contributed by atoms with van der Waals surface area (Å²) in [5.41, 5.74) is -1.38. The summed E-state index contributed by atoms with van der Waals surface area (Å²) in [4.78, 5) is 0. The molecular weight excluding hydrogens is 777 g/mol. The highest BCUT2D eigenvalue weighted by atomic mass is 19.3. The highest BCUT2D eigenvalue weighted by Crippen LogP contribution is 2.70. The van der Waals surface area contributed by atoms with E-state index in [1.165, 1.54) is 12.8 Å². The molecule has 0 radical (unpaired) electrons. The fraction of sp³-hybridized carbons (Fsp3) is 1.00. The van der Waals surface area contributed by atoms with Crippen molar-refractivity contribution in [3.05, 3.63) is 0 Å². The Bertz CT molecular complexity index is 1130. The van der Waals surface area contributed by atoms with Crippen LogP contribution in [0.1, 0.15) is 232 Å². The Hall–Kier alpha value is -0.560. The van der Waals surface area contributed by atoms with E-state index in [0.717, 1.165) is 0 Å². The van der Waals surface area contributed by atoms with Crippen LogP contribution in [0.5, 0.6) is 0 Å². The average molecular weight is 873 g/mol. The normalized spacial score (nSPS) is 33.0. The molecule has 0 aromatic rings. The topological polar surface area (TPSA) is 0 Å². The van der Waals surface area contributed by atoms with Crippen molar-refractivity contribution < 1.29 is 35.1 Å². The first-order valence-electron chi connectivity index (χ1n) is 22.8. The third kappa shape index (κ3) is 8.89. The molecule has 6 aliphatic rings. The molecule has 0 heterocycles. The van der Waals surface area contributed by atoms with Crippen LogP contribution in [-0.2, 0) is 0 Å². The summed E-state index contributed by atoms with van der Waals surface area (Å²) in [6.07, 6.45) is 3.46. The van der Waals surface area contributed by atoms with Crippen LogP contribution in [0.4, 0.5) is 35.1 Å². The van der Waals surface area contributed by atoms with E-state index < -0.39 is 50.8 Å². The summed E-state index contributed by atoms with van der Waals surface area (Å²) in [7, 11) is 0. The van der Waals surface area contributed by atoms with Crippen LogP contribution in [0.25, 0.3) is 0 Å². The number of hydrogen-bond acceptors (Lipinski definition) is 0. The molecule has 0 atom stereocenters. The fourth-order valence-electron chi connectivity index (χ4n) is 11.0. The van der Waals surface area contributed by atoms with Gasteiger partial charge in [0.25, 0.3) is 23.7 Å². The predicted octanol–water partition coefficient (Wildman–Crippen LogP) is 19.2. The third-order valence-electron chi connectivity index (χ3n) is 20.9. The molecule has 0 N–H and O–H groups in total. The maximum atomic E-state index is 13.1. The molecule has 60 heavy (non-hydrogen) atoms. The van der Waals surface area contributed by atoms with Crippen molar-refractivity contribution in [2.75, 3.05) is 0 Å². The van der Waals surface area contributed by atoms with Crippen LogP contribution in [0, 0.1) is 75.8 Å². The van der Waals surface area contributed by atoms with Crippen LogP contribution in [-0.4, -0.2) is 23.7 Å². The van der Waals surface area contributed by atoms with Crippen molar-refractivity contribution in [3.63, 3.8) is 0 Å². The van der Waals surface area contributed by atoms with Crippen LogP contribution in [0.15, 0.2) is 0 Å². The largest absolute Gasteiger partial charge is 0.258 e. The molecule has 0 saturated heterocycles.